The minimum Gasteiger partial charge on any atom is -0.322 e. The van der Waals surface area contributed by atoms with E-state index >= 15 is 0 Å². The number of nitrogens with zero attached hydrogens (tertiary/aromatic N) is 2. The summed E-state index contributed by atoms with van der Waals surface area (Å²) in [5, 5.41) is 2.84. The van der Waals surface area contributed by atoms with Crippen molar-refractivity contribution >= 4 is 27.5 Å². The van der Waals surface area contributed by atoms with Crippen LogP contribution in [0.4, 0.5) is 5.69 Å². The first kappa shape index (κ1) is 14.7. The molecule has 104 valence electrons. The Morgan fingerprint density at radius 1 is 1.25 bits per heavy atom. The highest BCUT2D eigenvalue weighted by Gasteiger charge is 2.13. The molecule has 0 saturated heterocycles. The molecular weight excluding hydrogens is 318 g/mol. The van der Waals surface area contributed by atoms with E-state index in [-0.39, 0.29) is 11.8 Å². The molecule has 0 bridgehead atoms. The Morgan fingerprint density at radius 3 is 2.45 bits per heavy atom. The van der Waals surface area contributed by atoms with Crippen molar-refractivity contribution in [1.82, 2.24) is 9.97 Å². The first-order chi connectivity index (χ1) is 9.47. The van der Waals surface area contributed by atoms with Gasteiger partial charge in [0, 0.05) is 22.3 Å². The molecule has 2 aromatic rings. The number of halogens is 1. The maximum absolute atomic E-state index is 12.2. The van der Waals surface area contributed by atoms with Gasteiger partial charge in [0.1, 0.15) is 5.82 Å². The zero-order valence-corrected chi connectivity index (χ0v) is 13.2. The normalized spacial score (nSPS) is 10.7. The molecule has 0 radical (unpaired) electrons. The van der Waals surface area contributed by atoms with Crippen LogP contribution in [0.15, 0.2) is 34.9 Å². The van der Waals surface area contributed by atoms with Crippen LogP contribution < -0.4 is 5.32 Å². The molecule has 0 aliphatic carbocycles. The molecule has 5 heteroatoms. The Hall–Kier alpha value is -1.75. The van der Waals surface area contributed by atoms with E-state index in [9.17, 15) is 4.79 Å². The van der Waals surface area contributed by atoms with E-state index in [1.165, 1.54) is 0 Å². The molecule has 0 spiro atoms. The lowest BCUT2D eigenvalue weighted by Crippen LogP contribution is -2.15. The van der Waals surface area contributed by atoms with Crippen molar-refractivity contribution in [2.45, 2.75) is 26.7 Å². The van der Waals surface area contributed by atoms with Gasteiger partial charge in [0.2, 0.25) is 0 Å². The summed E-state index contributed by atoms with van der Waals surface area (Å²) in [7, 11) is 0. The van der Waals surface area contributed by atoms with Crippen molar-refractivity contribution in [2.75, 3.05) is 5.32 Å². The van der Waals surface area contributed by atoms with E-state index in [1.54, 1.807) is 6.20 Å². The van der Waals surface area contributed by atoms with Crippen LogP contribution in [0.25, 0.3) is 0 Å². The summed E-state index contributed by atoms with van der Waals surface area (Å²) in [6.07, 6.45) is 1.59. The number of amides is 1. The molecule has 2 rings (SSSR count). The number of benzene rings is 1. The van der Waals surface area contributed by atoms with Crippen molar-refractivity contribution in [3.8, 4) is 0 Å². The van der Waals surface area contributed by atoms with Crippen LogP contribution in [0.1, 0.15) is 41.6 Å². The summed E-state index contributed by atoms with van der Waals surface area (Å²) >= 11 is 3.36. The fourth-order valence-electron chi connectivity index (χ4n) is 1.72. The standard InChI is InChI=1S/C15H16BrN3O/c1-9(2)14-17-8-13(10(3)18-14)15(20)19-12-6-4-11(16)5-7-12/h4-9H,1-3H3,(H,19,20). The predicted molar refractivity (Wildman–Crippen MR) is 83.0 cm³/mol. The second-order valence-electron chi connectivity index (χ2n) is 4.84. The zero-order chi connectivity index (χ0) is 14.7. The van der Waals surface area contributed by atoms with Gasteiger partial charge < -0.3 is 5.32 Å². The zero-order valence-electron chi connectivity index (χ0n) is 11.6. The van der Waals surface area contributed by atoms with Gasteiger partial charge in [-0.1, -0.05) is 29.8 Å². The quantitative estimate of drug-likeness (QED) is 0.925. The van der Waals surface area contributed by atoms with Crippen LogP contribution in [-0.2, 0) is 0 Å². The van der Waals surface area contributed by atoms with Crippen molar-refractivity contribution < 1.29 is 4.79 Å². The number of aryl methyl sites for hydroxylation is 1. The molecule has 1 aromatic heterocycles. The Balaban J connectivity index is 2.19. The molecule has 1 aromatic carbocycles. The van der Waals surface area contributed by atoms with Crippen molar-refractivity contribution in [2.24, 2.45) is 0 Å². The highest BCUT2D eigenvalue weighted by molar-refractivity contribution is 9.10. The molecule has 0 aliphatic rings. The van der Waals surface area contributed by atoms with E-state index < -0.39 is 0 Å². The SMILES string of the molecule is Cc1nc(C(C)C)ncc1C(=O)Nc1ccc(Br)cc1. The van der Waals surface area contributed by atoms with Gasteiger partial charge in [0.25, 0.3) is 5.91 Å². The second-order valence-corrected chi connectivity index (χ2v) is 5.76. The van der Waals surface area contributed by atoms with E-state index in [2.05, 4.69) is 31.2 Å². The van der Waals surface area contributed by atoms with Crippen LogP contribution in [0, 0.1) is 6.92 Å². The van der Waals surface area contributed by atoms with E-state index in [4.69, 9.17) is 0 Å². The lowest BCUT2D eigenvalue weighted by atomic mass is 10.1. The summed E-state index contributed by atoms with van der Waals surface area (Å²) < 4.78 is 0.969. The van der Waals surface area contributed by atoms with Crippen molar-refractivity contribution in [1.29, 1.82) is 0 Å². The summed E-state index contributed by atoms with van der Waals surface area (Å²) in [6.45, 7) is 5.87. The van der Waals surface area contributed by atoms with Crippen LogP contribution >= 0.6 is 15.9 Å². The largest absolute Gasteiger partial charge is 0.322 e. The lowest BCUT2D eigenvalue weighted by molar-refractivity contribution is 0.102. The molecule has 0 unspecified atom stereocenters. The Morgan fingerprint density at radius 2 is 1.90 bits per heavy atom. The first-order valence-corrected chi connectivity index (χ1v) is 7.17. The molecule has 0 fully saturated rings. The molecule has 1 heterocycles. The summed E-state index contributed by atoms with van der Waals surface area (Å²) in [6, 6.07) is 7.42. The highest BCUT2D eigenvalue weighted by Crippen LogP contribution is 2.16. The summed E-state index contributed by atoms with van der Waals surface area (Å²) in [5.74, 6) is 0.806. The van der Waals surface area contributed by atoms with Crippen LogP contribution in [0.5, 0.6) is 0 Å². The average molecular weight is 334 g/mol. The molecular formula is C15H16BrN3O. The van der Waals surface area contributed by atoms with E-state index in [0.29, 0.717) is 11.3 Å². The molecule has 0 atom stereocenters. The number of carbonyl (C=O) groups excluding carboxylic acids is 1. The van der Waals surface area contributed by atoms with Gasteiger partial charge in [-0.15, -0.1) is 0 Å². The third-order valence-electron chi connectivity index (χ3n) is 2.86. The fourth-order valence-corrected chi connectivity index (χ4v) is 1.98. The summed E-state index contributed by atoms with van der Waals surface area (Å²) in [4.78, 5) is 20.8. The number of carbonyl (C=O) groups is 1. The Bertz CT molecular complexity index is 624. The molecule has 4 nitrogen and oxygen atoms in total. The minimum atomic E-state index is -0.194. The Kier molecular flexibility index (Phi) is 4.49. The average Bonchev–Trinajstić information content (AvgIpc) is 2.41. The number of nitrogens with one attached hydrogen (secondary N) is 1. The van der Waals surface area contributed by atoms with Gasteiger partial charge in [0.05, 0.1) is 11.3 Å². The van der Waals surface area contributed by atoms with Crippen molar-refractivity contribution in [3.63, 3.8) is 0 Å². The first-order valence-electron chi connectivity index (χ1n) is 6.38. The summed E-state index contributed by atoms with van der Waals surface area (Å²) in [5.41, 5.74) is 1.93. The number of rotatable bonds is 3. The monoisotopic (exact) mass is 333 g/mol. The smallest absolute Gasteiger partial charge is 0.259 e. The molecule has 20 heavy (non-hydrogen) atoms. The molecule has 0 aliphatic heterocycles. The number of anilines is 1. The minimum absolute atomic E-state index is 0.194. The van der Waals surface area contributed by atoms with Gasteiger partial charge in [-0.3, -0.25) is 4.79 Å². The maximum atomic E-state index is 12.2. The Labute approximate surface area is 126 Å². The highest BCUT2D eigenvalue weighted by atomic mass is 79.9. The van der Waals surface area contributed by atoms with Crippen LogP contribution in [-0.4, -0.2) is 15.9 Å². The van der Waals surface area contributed by atoms with Gasteiger partial charge >= 0.3 is 0 Å². The fraction of sp³-hybridized carbons (Fsp3) is 0.267. The third kappa shape index (κ3) is 3.42. The van der Waals surface area contributed by atoms with E-state index in [1.807, 2.05) is 45.0 Å². The van der Waals surface area contributed by atoms with Crippen LogP contribution in [0.3, 0.4) is 0 Å². The number of hydrogen-bond donors (Lipinski definition) is 1. The second kappa shape index (κ2) is 6.13. The van der Waals surface area contributed by atoms with Gasteiger partial charge in [-0.05, 0) is 31.2 Å². The topological polar surface area (TPSA) is 54.9 Å². The molecule has 1 amide bonds. The third-order valence-corrected chi connectivity index (χ3v) is 3.39. The molecule has 0 saturated carbocycles. The van der Waals surface area contributed by atoms with Crippen molar-refractivity contribution in [3.05, 3.63) is 52.0 Å². The number of aromatic nitrogens is 2. The lowest BCUT2D eigenvalue weighted by Gasteiger charge is -2.09. The maximum Gasteiger partial charge on any atom is 0.259 e. The van der Waals surface area contributed by atoms with Gasteiger partial charge in [-0.2, -0.15) is 0 Å². The van der Waals surface area contributed by atoms with Gasteiger partial charge in [-0.25, -0.2) is 9.97 Å². The molecule has 1 N–H and O–H groups in total. The van der Waals surface area contributed by atoms with E-state index in [0.717, 1.165) is 16.0 Å². The van der Waals surface area contributed by atoms with Crippen LogP contribution in [0.2, 0.25) is 0 Å². The van der Waals surface area contributed by atoms with Gasteiger partial charge in [0.15, 0.2) is 0 Å². The predicted octanol–water partition coefficient (Wildman–Crippen LogP) is 3.92. The number of hydrogen-bond acceptors (Lipinski definition) is 3.